The molecule has 4 aromatic carbocycles. The standard InChI is InChI=1S/C30H22.2ClH.Zr/c1-2-10-22-18-25(17-21(22)9-1)27-13-5-7-15-29(27)30-16-8-6-14-28(30)26-19-23-11-3-4-12-24(23)20-26;;;/h1-17,19H,18,20H2;2*1H;/q;;;+2/p-2. The molecule has 0 aliphatic heterocycles. The molecule has 0 atom stereocenters. The quantitative estimate of drug-likeness (QED) is 0.368. The third-order valence-corrected chi connectivity index (χ3v) is 6.37. The Bertz CT molecular complexity index is 1250. The Morgan fingerprint density at radius 3 is 1.12 bits per heavy atom. The van der Waals surface area contributed by atoms with Crippen LogP contribution in [0.2, 0.25) is 0 Å². The summed E-state index contributed by atoms with van der Waals surface area (Å²) in [6.45, 7) is 0. The minimum absolute atomic E-state index is 0. The summed E-state index contributed by atoms with van der Waals surface area (Å²) in [5.41, 5.74) is 13.7. The van der Waals surface area contributed by atoms with Gasteiger partial charge in [-0.05, 0) is 68.5 Å². The molecule has 6 rings (SSSR count). The second-order valence-electron chi connectivity index (χ2n) is 8.18. The molecule has 0 aromatic heterocycles. The Hall–Kier alpha value is -2.18. The van der Waals surface area contributed by atoms with Crippen LogP contribution in [-0.2, 0) is 39.0 Å². The van der Waals surface area contributed by atoms with E-state index in [2.05, 4.69) is 109 Å². The van der Waals surface area contributed by atoms with Crippen molar-refractivity contribution < 1.29 is 51.0 Å². The van der Waals surface area contributed by atoms with Gasteiger partial charge in [-0.2, -0.15) is 0 Å². The largest absolute Gasteiger partial charge is 2.00 e. The first-order valence-corrected chi connectivity index (χ1v) is 10.6. The van der Waals surface area contributed by atoms with E-state index in [4.69, 9.17) is 0 Å². The van der Waals surface area contributed by atoms with Gasteiger partial charge in [-0.1, -0.05) is 109 Å². The van der Waals surface area contributed by atoms with Gasteiger partial charge in [0, 0.05) is 0 Å². The predicted molar refractivity (Wildman–Crippen MR) is 128 cm³/mol. The number of halogens is 2. The van der Waals surface area contributed by atoms with Crippen molar-refractivity contribution in [2.24, 2.45) is 0 Å². The fourth-order valence-electron chi connectivity index (χ4n) is 4.90. The van der Waals surface area contributed by atoms with Gasteiger partial charge in [-0.25, -0.2) is 0 Å². The van der Waals surface area contributed by atoms with Crippen LogP contribution in [0, 0.1) is 0 Å². The van der Waals surface area contributed by atoms with Gasteiger partial charge >= 0.3 is 26.2 Å². The van der Waals surface area contributed by atoms with Crippen LogP contribution in [0.3, 0.4) is 0 Å². The molecule has 0 spiro atoms. The van der Waals surface area contributed by atoms with E-state index in [9.17, 15) is 0 Å². The van der Waals surface area contributed by atoms with Gasteiger partial charge < -0.3 is 24.8 Å². The smallest absolute Gasteiger partial charge is 1.00 e. The van der Waals surface area contributed by atoms with Crippen molar-refractivity contribution in [2.45, 2.75) is 12.8 Å². The minimum Gasteiger partial charge on any atom is -1.00 e. The Balaban J connectivity index is 0.00000102. The van der Waals surface area contributed by atoms with Crippen LogP contribution in [0.25, 0.3) is 34.4 Å². The van der Waals surface area contributed by atoms with E-state index in [1.807, 2.05) is 0 Å². The minimum atomic E-state index is 0. The molecule has 0 amide bonds. The zero-order chi connectivity index (χ0) is 19.9. The van der Waals surface area contributed by atoms with Crippen LogP contribution >= 0.6 is 0 Å². The predicted octanol–water partition coefficient (Wildman–Crippen LogP) is 1.55. The molecular weight excluding hydrogens is 522 g/mol. The summed E-state index contributed by atoms with van der Waals surface area (Å²) in [5.74, 6) is 0. The number of hydrogen-bond donors (Lipinski definition) is 0. The van der Waals surface area contributed by atoms with E-state index >= 15 is 0 Å². The van der Waals surface area contributed by atoms with Gasteiger partial charge in [0.05, 0.1) is 0 Å². The van der Waals surface area contributed by atoms with E-state index < -0.39 is 0 Å². The van der Waals surface area contributed by atoms with Crippen molar-refractivity contribution in [1.82, 2.24) is 0 Å². The molecule has 3 heteroatoms. The SMILES string of the molecule is C1=C(c2ccccc2-c2ccccc2C2=Cc3ccccc3C2)Cc2ccccc21.[Cl-].[Cl-].[Zr+2]. The third kappa shape index (κ3) is 4.74. The van der Waals surface area contributed by atoms with Gasteiger partial charge in [-0.3, -0.25) is 0 Å². The second kappa shape index (κ2) is 10.8. The van der Waals surface area contributed by atoms with E-state index in [1.54, 1.807) is 0 Å². The maximum absolute atomic E-state index is 2.36. The molecule has 0 bridgehead atoms. The number of hydrogen-bond acceptors (Lipinski definition) is 0. The Labute approximate surface area is 227 Å². The normalized spacial score (nSPS) is 12.8. The van der Waals surface area contributed by atoms with Crippen LogP contribution in [-0.4, -0.2) is 0 Å². The maximum Gasteiger partial charge on any atom is 2.00 e. The summed E-state index contributed by atoms with van der Waals surface area (Å²) in [4.78, 5) is 0. The number of rotatable bonds is 3. The number of fused-ring (bicyclic) bond motifs is 2. The monoisotopic (exact) mass is 542 g/mol. The molecule has 2 aliphatic carbocycles. The van der Waals surface area contributed by atoms with E-state index in [0.717, 1.165) is 12.8 Å². The van der Waals surface area contributed by atoms with Gasteiger partial charge in [-0.15, -0.1) is 0 Å². The molecule has 33 heavy (non-hydrogen) atoms. The summed E-state index contributed by atoms with van der Waals surface area (Å²) in [7, 11) is 0. The van der Waals surface area contributed by atoms with Gasteiger partial charge in [0.15, 0.2) is 0 Å². The molecule has 2 aliphatic rings. The zero-order valence-corrected chi connectivity index (χ0v) is 22.0. The molecule has 0 saturated carbocycles. The third-order valence-electron chi connectivity index (χ3n) is 6.37. The summed E-state index contributed by atoms with van der Waals surface area (Å²) in [5, 5.41) is 0. The molecule has 160 valence electrons. The first-order chi connectivity index (χ1) is 14.9. The fourth-order valence-corrected chi connectivity index (χ4v) is 4.90. The molecule has 0 N–H and O–H groups in total. The van der Waals surface area contributed by atoms with Crippen molar-refractivity contribution in [3.05, 3.63) is 130 Å². The average Bonchev–Trinajstić information content (AvgIpc) is 3.43. The van der Waals surface area contributed by atoms with Crippen LogP contribution in [0.15, 0.2) is 97.1 Å². The Kier molecular flexibility index (Phi) is 8.35. The molecule has 0 saturated heterocycles. The number of allylic oxidation sites excluding steroid dienone is 2. The van der Waals surface area contributed by atoms with Crippen LogP contribution in [0.1, 0.15) is 33.4 Å². The Morgan fingerprint density at radius 2 is 0.727 bits per heavy atom. The van der Waals surface area contributed by atoms with E-state index in [1.165, 1.54) is 55.7 Å². The summed E-state index contributed by atoms with van der Waals surface area (Å²) < 4.78 is 0. The number of benzene rings is 4. The van der Waals surface area contributed by atoms with Crippen molar-refractivity contribution >= 4 is 23.3 Å². The average molecular weight is 545 g/mol. The van der Waals surface area contributed by atoms with Crippen LogP contribution in [0.4, 0.5) is 0 Å². The zero-order valence-electron chi connectivity index (χ0n) is 18.1. The van der Waals surface area contributed by atoms with E-state index in [0.29, 0.717) is 0 Å². The topological polar surface area (TPSA) is 0 Å². The van der Waals surface area contributed by atoms with Crippen LogP contribution in [0.5, 0.6) is 0 Å². The Morgan fingerprint density at radius 1 is 0.394 bits per heavy atom. The molecule has 0 nitrogen and oxygen atoms in total. The van der Waals surface area contributed by atoms with Crippen molar-refractivity contribution in [3.63, 3.8) is 0 Å². The first-order valence-electron chi connectivity index (χ1n) is 10.6. The van der Waals surface area contributed by atoms with Gasteiger partial charge in [0.1, 0.15) is 0 Å². The molecule has 0 unspecified atom stereocenters. The van der Waals surface area contributed by atoms with Gasteiger partial charge in [0.25, 0.3) is 0 Å². The van der Waals surface area contributed by atoms with Crippen molar-refractivity contribution in [2.75, 3.05) is 0 Å². The van der Waals surface area contributed by atoms with Crippen LogP contribution < -0.4 is 24.8 Å². The first kappa shape index (κ1) is 25.4. The van der Waals surface area contributed by atoms with Gasteiger partial charge in [0.2, 0.25) is 0 Å². The summed E-state index contributed by atoms with van der Waals surface area (Å²) in [6, 6.07) is 35.2. The summed E-state index contributed by atoms with van der Waals surface area (Å²) >= 11 is 0. The molecular formula is C30H22Cl2Zr. The molecule has 4 aromatic rings. The molecule has 0 heterocycles. The molecule has 0 radical (unpaired) electrons. The van der Waals surface area contributed by atoms with Crippen molar-refractivity contribution in [3.8, 4) is 11.1 Å². The molecule has 0 fully saturated rings. The second-order valence-corrected chi connectivity index (χ2v) is 8.18. The van der Waals surface area contributed by atoms with E-state index in [-0.39, 0.29) is 51.0 Å². The summed E-state index contributed by atoms with van der Waals surface area (Å²) in [6.07, 6.45) is 6.73. The van der Waals surface area contributed by atoms with Crippen molar-refractivity contribution in [1.29, 1.82) is 0 Å². The fraction of sp³-hybridized carbons (Fsp3) is 0.0667. The maximum atomic E-state index is 2.36.